The number of benzene rings is 1. The molecule has 1 aromatic rings. The summed E-state index contributed by atoms with van der Waals surface area (Å²) in [6.07, 6.45) is 0. The third-order valence-electron chi connectivity index (χ3n) is 2.34. The van der Waals surface area contributed by atoms with E-state index in [2.05, 4.69) is 5.32 Å². The second kappa shape index (κ2) is 4.40. The third kappa shape index (κ3) is 2.12. The summed E-state index contributed by atoms with van der Waals surface area (Å²) < 4.78 is 10.2. The molecule has 0 aliphatic carbocycles. The van der Waals surface area contributed by atoms with Crippen LogP contribution in [-0.2, 0) is 0 Å². The number of carbonyl (C=O) groups is 1. The lowest BCUT2D eigenvalue weighted by atomic mass is 10.2. The Bertz CT molecular complexity index is 514. The summed E-state index contributed by atoms with van der Waals surface area (Å²) in [4.78, 5) is 23.1. The standard InChI is InChI=1S/C10H11N3O5/c1-12(2)10(14)11-6-3-8-9(18-5-17-8)4-7(6)13(15)16/h3-4H,5H2,1-2H3,(H,11,14). The lowest BCUT2D eigenvalue weighted by Gasteiger charge is -2.12. The summed E-state index contributed by atoms with van der Waals surface area (Å²) in [7, 11) is 3.07. The minimum Gasteiger partial charge on any atom is -0.454 e. The van der Waals surface area contributed by atoms with Crippen molar-refractivity contribution in [2.24, 2.45) is 0 Å². The van der Waals surface area contributed by atoms with Gasteiger partial charge >= 0.3 is 6.03 Å². The van der Waals surface area contributed by atoms with Crippen LogP contribution in [0.3, 0.4) is 0 Å². The van der Waals surface area contributed by atoms with E-state index in [0.717, 1.165) is 0 Å². The highest BCUT2D eigenvalue weighted by Gasteiger charge is 2.24. The minimum absolute atomic E-state index is 0.0115. The molecular formula is C10H11N3O5. The Kier molecular flexibility index (Phi) is 2.92. The van der Waals surface area contributed by atoms with Gasteiger partial charge in [-0.1, -0.05) is 0 Å². The number of rotatable bonds is 2. The van der Waals surface area contributed by atoms with E-state index in [1.807, 2.05) is 0 Å². The van der Waals surface area contributed by atoms with E-state index in [4.69, 9.17) is 9.47 Å². The van der Waals surface area contributed by atoms with Crippen LogP contribution >= 0.6 is 0 Å². The molecule has 0 atom stereocenters. The number of hydrogen-bond donors (Lipinski definition) is 1. The molecule has 8 heteroatoms. The Morgan fingerprint density at radius 3 is 2.56 bits per heavy atom. The van der Waals surface area contributed by atoms with E-state index in [1.165, 1.54) is 31.1 Å². The van der Waals surface area contributed by atoms with Gasteiger partial charge in [0.15, 0.2) is 11.5 Å². The molecule has 1 heterocycles. The monoisotopic (exact) mass is 253 g/mol. The lowest BCUT2D eigenvalue weighted by Crippen LogP contribution is -2.27. The molecule has 18 heavy (non-hydrogen) atoms. The van der Waals surface area contributed by atoms with Crippen LogP contribution in [0, 0.1) is 10.1 Å². The molecule has 0 spiro atoms. The second-order valence-electron chi connectivity index (χ2n) is 3.80. The fourth-order valence-electron chi connectivity index (χ4n) is 1.41. The first-order valence-electron chi connectivity index (χ1n) is 5.05. The van der Waals surface area contributed by atoms with Crippen LogP contribution in [0.1, 0.15) is 0 Å². The van der Waals surface area contributed by atoms with Gasteiger partial charge in [0, 0.05) is 20.2 Å². The van der Waals surface area contributed by atoms with Crippen molar-refractivity contribution in [3.8, 4) is 11.5 Å². The van der Waals surface area contributed by atoms with Crippen molar-refractivity contribution in [1.29, 1.82) is 0 Å². The van der Waals surface area contributed by atoms with E-state index in [-0.39, 0.29) is 18.2 Å². The molecule has 2 amide bonds. The number of nitro benzene ring substituents is 1. The van der Waals surface area contributed by atoms with Gasteiger partial charge in [0.1, 0.15) is 5.69 Å². The van der Waals surface area contributed by atoms with Crippen LogP contribution in [0.15, 0.2) is 12.1 Å². The van der Waals surface area contributed by atoms with E-state index in [0.29, 0.717) is 11.5 Å². The summed E-state index contributed by atoms with van der Waals surface area (Å²) in [6, 6.07) is 2.15. The Labute approximate surface area is 102 Å². The van der Waals surface area contributed by atoms with Crippen LogP contribution in [-0.4, -0.2) is 36.7 Å². The molecule has 96 valence electrons. The number of ether oxygens (including phenoxy) is 2. The zero-order valence-electron chi connectivity index (χ0n) is 9.80. The zero-order chi connectivity index (χ0) is 13.3. The van der Waals surface area contributed by atoms with Crippen LogP contribution in [0.25, 0.3) is 0 Å². The number of amides is 2. The third-order valence-corrected chi connectivity index (χ3v) is 2.34. The second-order valence-corrected chi connectivity index (χ2v) is 3.80. The van der Waals surface area contributed by atoms with Crippen LogP contribution < -0.4 is 14.8 Å². The molecule has 0 bridgehead atoms. The van der Waals surface area contributed by atoms with Crippen molar-refractivity contribution in [1.82, 2.24) is 4.90 Å². The Morgan fingerprint density at radius 2 is 2.00 bits per heavy atom. The van der Waals surface area contributed by atoms with E-state index < -0.39 is 11.0 Å². The molecule has 0 aromatic heterocycles. The van der Waals surface area contributed by atoms with Gasteiger partial charge in [0.25, 0.3) is 5.69 Å². The maximum atomic E-state index is 11.5. The molecule has 0 radical (unpaired) electrons. The summed E-state index contributed by atoms with van der Waals surface area (Å²) in [5.41, 5.74) is -0.169. The average Bonchev–Trinajstić information content (AvgIpc) is 2.74. The van der Waals surface area contributed by atoms with E-state index >= 15 is 0 Å². The van der Waals surface area contributed by atoms with E-state index in [9.17, 15) is 14.9 Å². The van der Waals surface area contributed by atoms with Crippen molar-refractivity contribution in [2.75, 3.05) is 26.2 Å². The fourth-order valence-corrected chi connectivity index (χ4v) is 1.41. The molecule has 1 aliphatic heterocycles. The van der Waals surface area contributed by atoms with Gasteiger partial charge in [-0.3, -0.25) is 10.1 Å². The molecule has 1 N–H and O–H groups in total. The minimum atomic E-state index is -0.590. The number of hydrogen-bond acceptors (Lipinski definition) is 5. The molecule has 0 unspecified atom stereocenters. The molecular weight excluding hydrogens is 242 g/mol. The van der Waals surface area contributed by atoms with E-state index in [1.54, 1.807) is 0 Å². The van der Waals surface area contributed by atoms with Gasteiger partial charge in [-0.25, -0.2) is 4.79 Å². The Morgan fingerprint density at radius 1 is 1.39 bits per heavy atom. The smallest absolute Gasteiger partial charge is 0.321 e. The Balaban J connectivity index is 2.38. The van der Waals surface area contributed by atoms with Crippen LogP contribution in [0.4, 0.5) is 16.2 Å². The molecule has 0 fully saturated rings. The van der Waals surface area contributed by atoms with Gasteiger partial charge in [0.05, 0.1) is 11.0 Å². The van der Waals surface area contributed by atoms with Gasteiger partial charge in [0.2, 0.25) is 6.79 Å². The number of fused-ring (bicyclic) bond motifs is 1. The van der Waals surface area contributed by atoms with Gasteiger partial charge < -0.3 is 19.7 Å². The lowest BCUT2D eigenvalue weighted by molar-refractivity contribution is -0.384. The highest BCUT2D eigenvalue weighted by molar-refractivity contribution is 5.92. The maximum absolute atomic E-state index is 11.5. The molecule has 0 saturated heterocycles. The predicted molar refractivity (Wildman–Crippen MR) is 61.9 cm³/mol. The quantitative estimate of drug-likeness (QED) is 0.635. The number of nitro groups is 1. The fraction of sp³-hybridized carbons (Fsp3) is 0.300. The van der Waals surface area contributed by atoms with Crippen molar-refractivity contribution < 1.29 is 19.2 Å². The highest BCUT2D eigenvalue weighted by atomic mass is 16.7. The summed E-state index contributed by atoms with van der Waals surface area (Å²) in [5, 5.41) is 13.3. The molecule has 8 nitrogen and oxygen atoms in total. The van der Waals surface area contributed by atoms with Crippen molar-refractivity contribution >= 4 is 17.4 Å². The normalized spacial score (nSPS) is 12.1. The summed E-state index contributed by atoms with van der Waals surface area (Å²) in [5.74, 6) is 0.666. The number of urea groups is 1. The summed E-state index contributed by atoms with van der Waals surface area (Å²) in [6.45, 7) is 0.0115. The highest BCUT2D eigenvalue weighted by Crippen LogP contribution is 2.40. The van der Waals surface area contributed by atoms with Crippen molar-refractivity contribution in [2.45, 2.75) is 0 Å². The van der Waals surface area contributed by atoms with Crippen LogP contribution in [0.2, 0.25) is 0 Å². The van der Waals surface area contributed by atoms with Gasteiger partial charge in [-0.2, -0.15) is 0 Å². The van der Waals surface area contributed by atoms with Crippen molar-refractivity contribution in [3.63, 3.8) is 0 Å². The van der Waals surface area contributed by atoms with Gasteiger partial charge in [-0.15, -0.1) is 0 Å². The molecule has 1 aromatic carbocycles. The number of nitrogens with zero attached hydrogens (tertiary/aromatic N) is 2. The number of anilines is 1. The largest absolute Gasteiger partial charge is 0.454 e. The van der Waals surface area contributed by atoms with Gasteiger partial charge in [-0.05, 0) is 0 Å². The SMILES string of the molecule is CN(C)C(=O)Nc1cc2c(cc1[N+](=O)[O-])OCO2. The topological polar surface area (TPSA) is 93.9 Å². The summed E-state index contributed by atoms with van der Waals surface area (Å²) >= 11 is 0. The number of nitrogens with one attached hydrogen (secondary N) is 1. The molecule has 1 aliphatic rings. The zero-order valence-corrected chi connectivity index (χ0v) is 9.80. The average molecular weight is 253 g/mol. The predicted octanol–water partition coefficient (Wildman–Crippen LogP) is 1.42. The number of carbonyl (C=O) groups excluding carboxylic acids is 1. The van der Waals surface area contributed by atoms with Crippen LogP contribution in [0.5, 0.6) is 11.5 Å². The first-order chi connectivity index (χ1) is 8.49. The maximum Gasteiger partial charge on any atom is 0.321 e. The molecule has 0 saturated carbocycles. The van der Waals surface area contributed by atoms with Crippen molar-refractivity contribution in [3.05, 3.63) is 22.2 Å². The first kappa shape index (κ1) is 12.0. The first-order valence-corrected chi connectivity index (χ1v) is 5.05. The molecule has 2 rings (SSSR count). The Hall–Kier alpha value is -2.51.